The number of carbonyl (C=O) groups excluding carboxylic acids is 2. The van der Waals surface area contributed by atoms with Crippen LogP contribution in [-0.2, 0) is 11.2 Å². The number of amides is 1. The van der Waals surface area contributed by atoms with Gasteiger partial charge in [-0.05, 0) is 49.1 Å². The van der Waals surface area contributed by atoms with Crippen LogP contribution in [0.5, 0.6) is 0 Å². The van der Waals surface area contributed by atoms with E-state index in [9.17, 15) is 9.59 Å². The largest absolute Gasteiger partial charge is 0.293 e. The van der Waals surface area contributed by atoms with Gasteiger partial charge in [0.2, 0.25) is 0 Å². The van der Waals surface area contributed by atoms with Gasteiger partial charge in [0.05, 0.1) is 11.6 Å². The molecule has 0 aromatic heterocycles. The number of hydrogen-bond donors (Lipinski definition) is 2. The number of carbonyl (C=O) groups is 2. The minimum Gasteiger partial charge on any atom is -0.293 e. The zero-order valence-corrected chi connectivity index (χ0v) is 14.5. The lowest BCUT2D eigenvalue weighted by Crippen LogP contribution is -2.26. The molecule has 2 aromatic rings. The summed E-state index contributed by atoms with van der Waals surface area (Å²) in [4.78, 5) is 28.6. The predicted molar refractivity (Wildman–Crippen MR) is 101 cm³/mol. The molecule has 2 aromatic carbocycles. The van der Waals surface area contributed by atoms with E-state index in [1.54, 1.807) is 24.3 Å². The van der Waals surface area contributed by atoms with Gasteiger partial charge in [0, 0.05) is 17.4 Å². The zero-order chi connectivity index (χ0) is 18.5. The summed E-state index contributed by atoms with van der Waals surface area (Å²) < 4.78 is 0. The van der Waals surface area contributed by atoms with Gasteiger partial charge in [-0.25, -0.2) is 5.48 Å². The molecule has 3 rings (SSSR count). The number of aliphatic imine (C=N–C) groups is 1. The third-order valence-corrected chi connectivity index (χ3v) is 4.51. The van der Waals surface area contributed by atoms with Crippen LogP contribution >= 0.6 is 0 Å². The molecule has 1 amide bonds. The summed E-state index contributed by atoms with van der Waals surface area (Å²) in [6, 6.07) is 15.4. The van der Waals surface area contributed by atoms with Crippen molar-refractivity contribution in [1.29, 1.82) is 0 Å². The summed E-state index contributed by atoms with van der Waals surface area (Å²) in [5.41, 5.74) is 5.52. The van der Waals surface area contributed by atoms with Gasteiger partial charge in [-0.2, -0.15) is 0 Å². The molecule has 0 bridgehead atoms. The highest BCUT2D eigenvalue weighted by molar-refractivity contribution is 6.17. The maximum absolute atomic E-state index is 12.9. The van der Waals surface area contributed by atoms with Crippen LogP contribution in [0.1, 0.15) is 34.8 Å². The molecule has 5 heteroatoms. The molecule has 0 aliphatic carbocycles. The van der Waals surface area contributed by atoms with Crippen LogP contribution in [0.4, 0.5) is 5.69 Å². The highest BCUT2D eigenvalue weighted by atomic mass is 16.5. The Morgan fingerprint density at radius 1 is 1.23 bits per heavy atom. The number of aryl methyl sites for hydroxylation is 1. The lowest BCUT2D eigenvalue weighted by molar-refractivity contribution is -0.124. The standard InChI is InChI=1S/C21H20N2O3/c1-14-17(10-7-15-5-3-2-4-6-15)21(25)18-11-8-16(13-19(18)22-14)9-12-20(24)23-26/h2-6,8-9,11-13,17,26H,7,10H2,1H3,(H,23,24)/b12-9+. The van der Waals surface area contributed by atoms with E-state index in [2.05, 4.69) is 17.1 Å². The van der Waals surface area contributed by atoms with Gasteiger partial charge in [0.25, 0.3) is 5.91 Å². The molecule has 5 nitrogen and oxygen atoms in total. The number of fused-ring (bicyclic) bond motifs is 1. The van der Waals surface area contributed by atoms with E-state index in [4.69, 9.17) is 5.21 Å². The van der Waals surface area contributed by atoms with E-state index in [1.165, 1.54) is 17.1 Å². The second-order valence-electron chi connectivity index (χ2n) is 6.28. The first kappa shape index (κ1) is 17.8. The highest BCUT2D eigenvalue weighted by Gasteiger charge is 2.28. The number of Topliss-reactive ketones (excluding diaryl/α,β-unsaturated/α-hetero) is 1. The zero-order valence-electron chi connectivity index (χ0n) is 14.5. The maximum atomic E-state index is 12.9. The molecular formula is C21H20N2O3. The molecule has 0 saturated carbocycles. The van der Waals surface area contributed by atoms with Crippen molar-refractivity contribution < 1.29 is 14.8 Å². The fourth-order valence-electron chi connectivity index (χ4n) is 3.10. The van der Waals surface area contributed by atoms with Crippen LogP contribution in [-0.4, -0.2) is 22.6 Å². The number of hydrogen-bond acceptors (Lipinski definition) is 4. The number of hydroxylamine groups is 1. The van der Waals surface area contributed by atoms with Crippen LogP contribution in [0.25, 0.3) is 6.08 Å². The minimum absolute atomic E-state index is 0.0899. The van der Waals surface area contributed by atoms with Crippen molar-refractivity contribution in [3.05, 3.63) is 71.3 Å². The van der Waals surface area contributed by atoms with Crippen molar-refractivity contribution in [2.45, 2.75) is 19.8 Å². The molecule has 26 heavy (non-hydrogen) atoms. The molecule has 132 valence electrons. The molecule has 1 aliphatic heterocycles. The van der Waals surface area contributed by atoms with Gasteiger partial charge in [-0.15, -0.1) is 0 Å². The SMILES string of the molecule is CC1=Nc2cc(/C=C/C(=O)NO)ccc2C(=O)C1CCc1ccccc1. The smallest absolute Gasteiger partial charge is 0.267 e. The number of nitrogens with one attached hydrogen (secondary N) is 1. The topological polar surface area (TPSA) is 78.8 Å². The Hall–Kier alpha value is -3.05. The molecule has 1 unspecified atom stereocenters. The molecule has 1 heterocycles. The minimum atomic E-state index is -0.612. The van der Waals surface area contributed by atoms with E-state index >= 15 is 0 Å². The van der Waals surface area contributed by atoms with Crippen molar-refractivity contribution in [3.8, 4) is 0 Å². The first-order valence-corrected chi connectivity index (χ1v) is 8.48. The summed E-state index contributed by atoms with van der Waals surface area (Å²) in [7, 11) is 0. The first-order chi connectivity index (χ1) is 12.6. The summed E-state index contributed by atoms with van der Waals surface area (Å²) in [5, 5.41) is 8.52. The van der Waals surface area contributed by atoms with E-state index in [1.807, 2.05) is 25.1 Å². The van der Waals surface area contributed by atoms with Crippen molar-refractivity contribution in [1.82, 2.24) is 5.48 Å². The molecule has 1 aliphatic rings. The van der Waals surface area contributed by atoms with E-state index in [0.29, 0.717) is 11.3 Å². The van der Waals surface area contributed by atoms with Crippen molar-refractivity contribution in [3.63, 3.8) is 0 Å². The van der Waals surface area contributed by atoms with Gasteiger partial charge in [-0.1, -0.05) is 36.4 Å². The van der Waals surface area contributed by atoms with E-state index in [0.717, 1.165) is 24.1 Å². The van der Waals surface area contributed by atoms with Crippen LogP contribution in [0.3, 0.4) is 0 Å². The monoisotopic (exact) mass is 348 g/mol. The second-order valence-corrected chi connectivity index (χ2v) is 6.28. The lowest BCUT2D eigenvalue weighted by atomic mass is 9.85. The van der Waals surface area contributed by atoms with Gasteiger partial charge in [0.15, 0.2) is 5.78 Å². The third-order valence-electron chi connectivity index (χ3n) is 4.51. The Bertz CT molecular complexity index is 885. The Morgan fingerprint density at radius 2 is 2.00 bits per heavy atom. The van der Waals surface area contributed by atoms with Gasteiger partial charge in [0.1, 0.15) is 0 Å². The highest BCUT2D eigenvalue weighted by Crippen LogP contribution is 2.32. The molecule has 1 atom stereocenters. The predicted octanol–water partition coefficient (Wildman–Crippen LogP) is 3.74. The molecule has 0 radical (unpaired) electrons. The fraction of sp³-hybridized carbons (Fsp3) is 0.190. The van der Waals surface area contributed by atoms with Crippen LogP contribution in [0.2, 0.25) is 0 Å². The first-order valence-electron chi connectivity index (χ1n) is 8.48. The summed E-state index contributed by atoms with van der Waals surface area (Å²) in [6.07, 6.45) is 4.33. The average molecular weight is 348 g/mol. The van der Waals surface area contributed by atoms with Crippen molar-refractivity contribution >= 4 is 29.2 Å². The fourth-order valence-corrected chi connectivity index (χ4v) is 3.10. The summed E-state index contributed by atoms with van der Waals surface area (Å²) in [5.74, 6) is -0.726. The summed E-state index contributed by atoms with van der Waals surface area (Å²) in [6.45, 7) is 1.89. The normalized spacial score (nSPS) is 16.3. The Morgan fingerprint density at radius 3 is 2.73 bits per heavy atom. The molecule has 2 N–H and O–H groups in total. The molecule has 0 spiro atoms. The van der Waals surface area contributed by atoms with Gasteiger partial charge < -0.3 is 0 Å². The lowest BCUT2D eigenvalue weighted by Gasteiger charge is -2.22. The Balaban J connectivity index is 1.78. The second kappa shape index (κ2) is 7.89. The number of nitrogens with zero attached hydrogens (tertiary/aromatic N) is 1. The van der Waals surface area contributed by atoms with Crippen LogP contribution in [0.15, 0.2) is 59.6 Å². The van der Waals surface area contributed by atoms with Gasteiger partial charge >= 0.3 is 0 Å². The Kier molecular flexibility index (Phi) is 5.39. The maximum Gasteiger partial charge on any atom is 0.267 e. The number of rotatable bonds is 5. The average Bonchev–Trinajstić information content (AvgIpc) is 2.66. The van der Waals surface area contributed by atoms with Crippen LogP contribution in [0, 0.1) is 5.92 Å². The van der Waals surface area contributed by atoms with Crippen molar-refractivity contribution in [2.24, 2.45) is 10.9 Å². The molecular weight excluding hydrogens is 328 g/mol. The van der Waals surface area contributed by atoms with E-state index in [-0.39, 0.29) is 11.7 Å². The molecule has 0 fully saturated rings. The third kappa shape index (κ3) is 3.95. The van der Waals surface area contributed by atoms with Gasteiger partial charge in [-0.3, -0.25) is 19.8 Å². The van der Waals surface area contributed by atoms with Crippen molar-refractivity contribution in [2.75, 3.05) is 0 Å². The quantitative estimate of drug-likeness (QED) is 0.491. The molecule has 0 saturated heterocycles. The summed E-state index contributed by atoms with van der Waals surface area (Å²) >= 11 is 0. The number of ketones is 1. The van der Waals surface area contributed by atoms with E-state index < -0.39 is 5.91 Å². The van der Waals surface area contributed by atoms with Crippen LogP contribution < -0.4 is 5.48 Å². The Labute approximate surface area is 152 Å². The number of benzene rings is 2.